The van der Waals surface area contributed by atoms with E-state index in [1.807, 2.05) is 0 Å². The molecule has 0 aliphatic rings. The zero-order valence-electron chi connectivity index (χ0n) is 12.5. The highest BCUT2D eigenvalue weighted by Crippen LogP contribution is 2.16. The fourth-order valence-corrected chi connectivity index (χ4v) is 1.96. The number of para-hydroxylation sites is 1. The van der Waals surface area contributed by atoms with Crippen LogP contribution in [0.3, 0.4) is 0 Å². The first-order chi connectivity index (χ1) is 10.5. The lowest BCUT2D eigenvalue weighted by atomic mass is 10.1. The van der Waals surface area contributed by atoms with Gasteiger partial charge in [-0.2, -0.15) is 0 Å². The largest absolute Gasteiger partial charge is 0.323 e. The summed E-state index contributed by atoms with van der Waals surface area (Å²) in [7, 11) is 1.68. The van der Waals surface area contributed by atoms with Gasteiger partial charge in [0.05, 0.1) is 12.1 Å². The minimum atomic E-state index is -0.464. The second kappa shape index (κ2) is 6.85. The van der Waals surface area contributed by atoms with Crippen LogP contribution in [0.4, 0.5) is 15.8 Å². The van der Waals surface area contributed by atoms with Crippen molar-refractivity contribution in [2.24, 2.45) is 0 Å². The summed E-state index contributed by atoms with van der Waals surface area (Å²) in [5.41, 5.74) is 1.71. The number of carbonyl (C=O) groups excluding carboxylic acids is 2. The molecule has 2 rings (SSSR count). The Balaban J connectivity index is 2.00. The first-order valence-corrected chi connectivity index (χ1v) is 6.85. The van der Waals surface area contributed by atoms with Crippen LogP contribution in [0, 0.1) is 5.82 Å². The van der Waals surface area contributed by atoms with Crippen LogP contribution in [0.2, 0.25) is 0 Å². The molecule has 1 N–H and O–H groups in total. The van der Waals surface area contributed by atoms with Crippen LogP contribution in [0.5, 0.6) is 0 Å². The number of benzene rings is 2. The van der Waals surface area contributed by atoms with Crippen molar-refractivity contribution in [3.8, 4) is 0 Å². The quantitative estimate of drug-likeness (QED) is 0.943. The minimum absolute atomic E-state index is 0.0648. The fraction of sp³-hybridized carbons (Fsp3) is 0.176. The molecule has 114 valence electrons. The van der Waals surface area contributed by atoms with Crippen molar-refractivity contribution in [2.75, 3.05) is 17.3 Å². The fourth-order valence-electron chi connectivity index (χ4n) is 1.96. The summed E-state index contributed by atoms with van der Waals surface area (Å²) >= 11 is 0. The number of rotatable bonds is 4. The van der Waals surface area contributed by atoms with Crippen molar-refractivity contribution in [3.63, 3.8) is 0 Å². The Morgan fingerprint density at radius 1 is 1.09 bits per heavy atom. The highest BCUT2D eigenvalue weighted by Gasteiger charge is 2.09. The summed E-state index contributed by atoms with van der Waals surface area (Å²) in [5.74, 6) is -0.822. The van der Waals surface area contributed by atoms with E-state index in [1.165, 1.54) is 24.0 Å². The number of halogens is 1. The van der Waals surface area contributed by atoms with Crippen LogP contribution in [0.25, 0.3) is 0 Å². The summed E-state index contributed by atoms with van der Waals surface area (Å²) in [4.78, 5) is 24.7. The lowest BCUT2D eigenvalue weighted by Crippen LogP contribution is -2.22. The van der Waals surface area contributed by atoms with Crippen molar-refractivity contribution in [1.29, 1.82) is 0 Å². The number of anilines is 2. The molecule has 4 nitrogen and oxygen atoms in total. The molecule has 0 saturated heterocycles. The van der Waals surface area contributed by atoms with Crippen molar-refractivity contribution in [2.45, 2.75) is 13.3 Å². The van der Waals surface area contributed by atoms with Gasteiger partial charge in [-0.15, -0.1) is 0 Å². The Kier molecular flexibility index (Phi) is 4.88. The third kappa shape index (κ3) is 3.91. The van der Waals surface area contributed by atoms with Gasteiger partial charge in [-0.25, -0.2) is 4.39 Å². The van der Waals surface area contributed by atoms with E-state index in [0.29, 0.717) is 0 Å². The molecule has 0 aliphatic heterocycles. The van der Waals surface area contributed by atoms with Crippen molar-refractivity contribution >= 4 is 23.2 Å². The molecule has 0 radical (unpaired) electrons. The normalized spacial score (nSPS) is 10.1. The van der Waals surface area contributed by atoms with Crippen LogP contribution in [-0.2, 0) is 16.0 Å². The average Bonchev–Trinajstić information content (AvgIpc) is 2.49. The van der Waals surface area contributed by atoms with Gasteiger partial charge < -0.3 is 10.2 Å². The molecular formula is C17H17FN2O2. The van der Waals surface area contributed by atoms with Gasteiger partial charge in [0.2, 0.25) is 11.8 Å². The Labute approximate surface area is 128 Å². The van der Waals surface area contributed by atoms with Crippen molar-refractivity contribution < 1.29 is 14.0 Å². The lowest BCUT2D eigenvalue weighted by molar-refractivity contribution is -0.116. The number of nitrogens with zero attached hydrogens (tertiary/aromatic N) is 1. The predicted octanol–water partition coefficient (Wildman–Crippen LogP) is 2.99. The van der Waals surface area contributed by atoms with Crippen molar-refractivity contribution in [3.05, 3.63) is 59.9 Å². The third-order valence-electron chi connectivity index (χ3n) is 3.31. The van der Waals surface area contributed by atoms with Gasteiger partial charge in [0, 0.05) is 19.7 Å². The zero-order valence-corrected chi connectivity index (χ0v) is 12.5. The van der Waals surface area contributed by atoms with Crippen molar-refractivity contribution in [1.82, 2.24) is 0 Å². The van der Waals surface area contributed by atoms with E-state index in [9.17, 15) is 14.0 Å². The first-order valence-electron chi connectivity index (χ1n) is 6.85. The summed E-state index contributed by atoms with van der Waals surface area (Å²) in [6.45, 7) is 1.48. The van der Waals surface area contributed by atoms with Gasteiger partial charge in [-0.05, 0) is 29.8 Å². The van der Waals surface area contributed by atoms with Gasteiger partial charge in [-0.1, -0.05) is 24.3 Å². The van der Waals surface area contributed by atoms with Crippen LogP contribution in [0.1, 0.15) is 12.5 Å². The van der Waals surface area contributed by atoms with Crippen LogP contribution >= 0.6 is 0 Å². The van der Waals surface area contributed by atoms with Crippen LogP contribution in [-0.4, -0.2) is 18.9 Å². The van der Waals surface area contributed by atoms with Gasteiger partial charge >= 0.3 is 0 Å². The van der Waals surface area contributed by atoms with E-state index in [-0.39, 0.29) is 23.9 Å². The molecule has 0 fully saturated rings. The number of hydrogen-bond acceptors (Lipinski definition) is 2. The van der Waals surface area contributed by atoms with E-state index >= 15 is 0 Å². The van der Waals surface area contributed by atoms with E-state index in [4.69, 9.17) is 0 Å². The maximum atomic E-state index is 13.5. The Morgan fingerprint density at radius 3 is 2.32 bits per heavy atom. The molecular weight excluding hydrogens is 283 g/mol. The molecule has 22 heavy (non-hydrogen) atoms. The summed E-state index contributed by atoms with van der Waals surface area (Å²) in [6.07, 6.45) is 0.137. The molecule has 0 spiro atoms. The Morgan fingerprint density at radius 2 is 1.73 bits per heavy atom. The van der Waals surface area contributed by atoms with Gasteiger partial charge in [0.15, 0.2) is 0 Å². The number of amides is 2. The Hall–Kier alpha value is -2.69. The summed E-state index contributed by atoms with van der Waals surface area (Å²) in [5, 5.41) is 2.54. The summed E-state index contributed by atoms with van der Waals surface area (Å²) in [6, 6.07) is 13.1. The number of hydrogen-bond donors (Lipinski definition) is 1. The smallest absolute Gasteiger partial charge is 0.228 e. The minimum Gasteiger partial charge on any atom is -0.323 e. The van der Waals surface area contributed by atoms with E-state index in [2.05, 4.69) is 5.32 Å². The van der Waals surface area contributed by atoms with Gasteiger partial charge in [0.1, 0.15) is 5.82 Å². The van der Waals surface area contributed by atoms with E-state index < -0.39 is 5.82 Å². The van der Waals surface area contributed by atoms with E-state index in [1.54, 1.807) is 43.4 Å². The molecule has 0 bridgehead atoms. The topological polar surface area (TPSA) is 49.4 Å². The molecule has 0 heterocycles. The molecule has 0 unspecified atom stereocenters. The first kappa shape index (κ1) is 15.7. The summed E-state index contributed by atoms with van der Waals surface area (Å²) < 4.78 is 13.5. The number of carbonyl (C=O) groups is 2. The van der Waals surface area contributed by atoms with E-state index in [0.717, 1.165) is 11.3 Å². The molecule has 5 heteroatoms. The molecule has 2 aromatic carbocycles. The maximum Gasteiger partial charge on any atom is 0.228 e. The lowest BCUT2D eigenvalue weighted by Gasteiger charge is -2.15. The number of nitrogens with one attached hydrogen (secondary N) is 1. The maximum absolute atomic E-state index is 13.5. The standard InChI is InChI=1S/C17H17FN2O2/c1-12(21)20(2)14-9-7-13(8-10-14)11-17(22)19-16-6-4-3-5-15(16)18/h3-10H,11H2,1-2H3,(H,19,22). The molecule has 2 amide bonds. The zero-order chi connectivity index (χ0) is 16.1. The SMILES string of the molecule is CC(=O)N(C)c1ccc(CC(=O)Nc2ccccc2F)cc1. The monoisotopic (exact) mass is 300 g/mol. The molecule has 0 atom stereocenters. The highest BCUT2D eigenvalue weighted by molar-refractivity contribution is 5.93. The van der Waals surface area contributed by atoms with Crippen LogP contribution < -0.4 is 10.2 Å². The van der Waals surface area contributed by atoms with Gasteiger partial charge in [-0.3, -0.25) is 9.59 Å². The van der Waals surface area contributed by atoms with Gasteiger partial charge in [0.25, 0.3) is 0 Å². The average molecular weight is 300 g/mol. The second-order valence-corrected chi connectivity index (χ2v) is 4.95. The predicted molar refractivity (Wildman–Crippen MR) is 84.3 cm³/mol. The second-order valence-electron chi connectivity index (χ2n) is 4.95. The Bertz CT molecular complexity index is 683. The molecule has 2 aromatic rings. The molecule has 0 aromatic heterocycles. The molecule has 0 saturated carbocycles. The van der Waals surface area contributed by atoms with Crippen LogP contribution in [0.15, 0.2) is 48.5 Å². The third-order valence-corrected chi connectivity index (χ3v) is 3.31. The molecule has 0 aliphatic carbocycles. The highest BCUT2D eigenvalue weighted by atomic mass is 19.1.